The van der Waals surface area contributed by atoms with Crippen LogP contribution in [-0.2, 0) is 0 Å². The zero-order valence-corrected chi connectivity index (χ0v) is 12.9. The van der Waals surface area contributed by atoms with E-state index in [9.17, 15) is 4.79 Å². The summed E-state index contributed by atoms with van der Waals surface area (Å²) in [5, 5.41) is 2.86. The molecule has 2 rings (SSSR count). The van der Waals surface area contributed by atoms with Gasteiger partial charge in [-0.2, -0.15) is 0 Å². The van der Waals surface area contributed by atoms with Crippen molar-refractivity contribution in [3.63, 3.8) is 0 Å². The summed E-state index contributed by atoms with van der Waals surface area (Å²) < 4.78 is 1.94. The maximum absolute atomic E-state index is 12.0. The van der Waals surface area contributed by atoms with Crippen LogP contribution in [0.3, 0.4) is 0 Å². The zero-order chi connectivity index (χ0) is 13.1. The predicted molar refractivity (Wildman–Crippen MR) is 81.0 cm³/mol. The normalized spacial score (nSPS) is 10.2. The largest absolute Gasteiger partial charge is 0.322 e. The van der Waals surface area contributed by atoms with E-state index in [-0.39, 0.29) is 5.91 Å². The van der Waals surface area contributed by atoms with E-state index in [2.05, 4.69) is 37.2 Å². The number of carbonyl (C=O) groups is 1. The molecule has 0 fully saturated rings. The number of aryl methyl sites for hydroxylation is 1. The van der Waals surface area contributed by atoms with Crippen LogP contribution in [-0.4, -0.2) is 5.91 Å². The van der Waals surface area contributed by atoms with E-state index < -0.39 is 0 Å². The summed E-state index contributed by atoms with van der Waals surface area (Å²) in [5.41, 5.74) is 2.46. The number of nitrogens with one attached hydrogen (secondary N) is 1. The molecule has 0 atom stereocenters. The van der Waals surface area contributed by atoms with E-state index in [4.69, 9.17) is 0 Å². The van der Waals surface area contributed by atoms with E-state index in [0.717, 1.165) is 20.2 Å². The molecule has 2 aromatic carbocycles. The Morgan fingerprint density at radius 3 is 2.56 bits per heavy atom. The minimum Gasteiger partial charge on any atom is -0.322 e. The molecule has 0 spiro atoms. The zero-order valence-electron chi connectivity index (χ0n) is 9.71. The lowest BCUT2D eigenvalue weighted by Gasteiger charge is -2.07. The number of rotatable bonds is 2. The Kier molecular flexibility index (Phi) is 4.19. The van der Waals surface area contributed by atoms with Gasteiger partial charge in [0.05, 0.1) is 0 Å². The van der Waals surface area contributed by atoms with Crippen molar-refractivity contribution in [1.82, 2.24) is 0 Å². The van der Waals surface area contributed by atoms with E-state index in [1.165, 1.54) is 0 Å². The molecule has 0 aliphatic carbocycles. The van der Waals surface area contributed by atoms with E-state index >= 15 is 0 Å². The maximum atomic E-state index is 12.0. The minimum absolute atomic E-state index is 0.108. The Balaban J connectivity index is 2.19. The lowest BCUT2D eigenvalue weighted by atomic mass is 10.1. The first-order valence-electron chi connectivity index (χ1n) is 5.39. The molecule has 1 N–H and O–H groups in total. The molecular formula is C14H11Br2NO. The first-order chi connectivity index (χ1) is 8.56. The predicted octanol–water partition coefficient (Wildman–Crippen LogP) is 4.77. The van der Waals surface area contributed by atoms with E-state index in [1.54, 1.807) is 6.07 Å². The Bertz CT molecular complexity index is 596. The van der Waals surface area contributed by atoms with Crippen LogP contribution in [0.15, 0.2) is 51.4 Å². The maximum Gasteiger partial charge on any atom is 0.255 e. The number of benzene rings is 2. The van der Waals surface area contributed by atoms with Crippen molar-refractivity contribution in [3.8, 4) is 0 Å². The van der Waals surface area contributed by atoms with Gasteiger partial charge in [-0.15, -0.1) is 0 Å². The van der Waals surface area contributed by atoms with Gasteiger partial charge in [-0.3, -0.25) is 4.79 Å². The van der Waals surface area contributed by atoms with Crippen molar-refractivity contribution in [2.45, 2.75) is 6.92 Å². The van der Waals surface area contributed by atoms with Crippen LogP contribution in [0.25, 0.3) is 0 Å². The summed E-state index contributed by atoms with van der Waals surface area (Å²) in [7, 11) is 0. The van der Waals surface area contributed by atoms with Crippen LogP contribution in [0.4, 0.5) is 5.69 Å². The molecule has 0 radical (unpaired) electrons. The van der Waals surface area contributed by atoms with Crippen LogP contribution in [0, 0.1) is 6.92 Å². The fourth-order valence-corrected chi connectivity index (χ4v) is 2.20. The van der Waals surface area contributed by atoms with Crippen molar-refractivity contribution >= 4 is 43.5 Å². The molecule has 2 nitrogen and oxygen atoms in total. The Morgan fingerprint density at radius 2 is 1.89 bits per heavy atom. The van der Waals surface area contributed by atoms with Gasteiger partial charge in [0.15, 0.2) is 0 Å². The second-order valence-electron chi connectivity index (χ2n) is 3.93. The number of carbonyl (C=O) groups excluding carboxylic acids is 1. The third kappa shape index (κ3) is 3.21. The van der Waals surface area contributed by atoms with E-state index in [1.807, 2.05) is 43.3 Å². The lowest BCUT2D eigenvalue weighted by molar-refractivity contribution is 0.102. The first kappa shape index (κ1) is 13.3. The average molecular weight is 369 g/mol. The Labute approximate surface area is 123 Å². The van der Waals surface area contributed by atoms with Crippen LogP contribution in [0.1, 0.15) is 15.9 Å². The first-order valence-corrected chi connectivity index (χ1v) is 6.98. The molecule has 1 amide bonds. The van der Waals surface area contributed by atoms with Crippen molar-refractivity contribution in [2.24, 2.45) is 0 Å². The van der Waals surface area contributed by atoms with Crippen molar-refractivity contribution < 1.29 is 4.79 Å². The number of hydrogen-bond acceptors (Lipinski definition) is 1. The molecular weight excluding hydrogens is 358 g/mol. The molecule has 4 heteroatoms. The molecule has 0 saturated heterocycles. The average Bonchev–Trinajstić information content (AvgIpc) is 2.32. The van der Waals surface area contributed by atoms with Gasteiger partial charge >= 0.3 is 0 Å². The van der Waals surface area contributed by atoms with Crippen LogP contribution >= 0.6 is 31.9 Å². The molecule has 0 bridgehead atoms. The molecule has 0 aromatic heterocycles. The summed E-state index contributed by atoms with van der Waals surface area (Å²) in [5.74, 6) is -0.108. The number of hydrogen-bond donors (Lipinski definition) is 1. The smallest absolute Gasteiger partial charge is 0.255 e. The fraction of sp³-hybridized carbons (Fsp3) is 0.0714. The van der Waals surface area contributed by atoms with Gasteiger partial charge in [0.25, 0.3) is 5.91 Å². The Morgan fingerprint density at radius 1 is 1.11 bits per heavy atom. The fourth-order valence-electron chi connectivity index (χ4n) is 1.56. The topological polar surface area (TPSA) is 29.1 Å². The van der Waals surface area contributed by atoms with Crippen LogP contribution < -0.4 is 5.32 Å². The van der Waals surface area contributed by atoms with Crippen molar-refractivity contribution in [2.75, 3.05) is 5.32 Å². The lowest BCUT2D eigenvalue weighted by Crippen LogP contribution is -2.11. The van der Waals surface area contributed by atoms with E-state index in [0.29, 0.717) is 5.56 Å². The van der Waals surface area contributed by atoms with Gasteiger partial charge in [-0.1, -0.05) is 37.9 Å². The van der Waals surface area contributed by atoms with Gasteiger partial charge in [0, 0.05) is 20.2 Å². The van der Waals surface area contributed by atoms with Gasteiger partial charge < -0.3 is 5.32 Å². The summed E-state index contributed by atoms with van der Waals surface area (Å²) in [6.45, 7) is 1.96. The number of amides is 1. The van der Waals surface area contributed by atoms with Crippen molar-refractivity contribution in [3.05, 3.63) is 62.5 Å². The van der Waals surface area contributed by atoms with Gasteiger partial charge in [-0.25, -0.2) is 0 Å². The standard InChI is InChI=1S/C14H11Br2NO/c1-9-7-10(5-6-13(9)16)14(18)17-12-4-2-3-11(15)8-12/h2-8H,1H3,(H,17,18). The molecule has 0 unspecified atom stereocenters. The molecule has 92 valence electrons. The van der Waals surface area contributed by atoms with Gasteiger partial charge in [0.1, 0.15) is 0 Å². The molecule has 2 aromatic rings. The molecule has 18 heavy (non-hydrogen) atoms. The SMILES string of the molecule is Cc1cc(C(=O)Nc2cccc(Br)c2)ccc1Br. The monoisotopic (exact) mass is 367 g/mol. The minimum atomic E-state index is -0.108. The van der Waals surface area contributed by atoms with Crippen LogP contribution in [0.2, 0.25) is 0 Å². The quantitative estimate of drug-likeness (QED) is 0.812. The summed E-state index contributed by atoms with van der Waals surface area (Å²) in [6, 6.07) is 13.1. The molecule has 0 saturated carbocycles. The highest BCUT2D eigenvalue weighted by molar-refractivity contribution is 9.10. The molecule has 0 heterocycles. The Hall–Kier alpha value is -1.13. The number of halogens is 2. The third-order valence-electron chi connectivity index (χ3n) is 2.50. The second kappa shape index (κ2) is 5.67. The van der Waals surface area contributed by atoms with Crippen LogP contribution in [0.5, 0.6) is 0 Å². The highest BCUT2D eigenvalue weighted by Crippen LogP contribution is 2.19. The summed E-state index contributed by atoms with van der Waals surface area (Å²) in [4.78, 5) is 12.0. The molecule has 0 aliphatic rings. The highest BCUT2D eigenvalue weighted by atomic mass is 79.9. The number of anilines is 1. The summed E-state index contributed by atoms with van der Waals surface area (Å²) in [6.07, 6.45) is 0. The van der Waals surface area contributed by atoms with Gasteiger partial charge in [0.2, 0.25) is 0 Å². The highest BCUT2D eigenvalue weighted by Gasteiger charge is 2.07. The second-order valence-corrected chi connectivity index (χ2v) is 5.70. The molecule has 0 aliphatic heterocycles. The summed E-state index contributed by atoms with van der Waals surface area (Å²) >= 11 is 6.79. The third-order valence-corrected chi connectivity index (χ3v) is 3.89. The van der Waals surface area contributed by atoms with Crippen molar-refractivity contribution in [1.29, 1.82) is 0 Å². The van der Waals surface area contributed by atoms with Gasteiger partial charge in [-0.05, 0) is 48.9 Å².